The van der Waals surface area contributed by atoms with Gasteiger partial charge in [0.2, 0.25) is 5.91 Å². The molecule has 2 atom stereocenters. The number of nitrogens with one attached hydrogen (secondary N) is 1. The third-order valence-corrected chi connectivity index (χ3v) is 6.54. The van der Waals surface area contributed by atoms with Crippen LogP contribution in [0.2, 0.25) is 0 Å². The summed E-state index contributed by atoms with van der Waals surface area (Å²) < 4.78 is 13.8. The number of likely N-dealkylation sites (tertiary alicyclic amines) is 1. The average molecular weight is 447 g/mol. The Bertz CT molecular complexity index is 772. The molecule has 2 aliphatic rings. The van der Waals surface area contributed by atoms with Gasteiger partial charge in [-0.2, -0.15) is 0 Å². The van der Waals surface area contributed by atoms with E-state index in [4.69, 9.17) is 4.99 Å². The SMILES string of the molecule is CCNC(=NCC(c1cccc(F)c1)N(C)C)N1CCN(C(C)C(=O)N2CCCC2)CC1. The molecular weight excluding hydrogens is 407 g/mol. The molecule has 0 spiro atoms. The van der Waals surface area contributed by atoms with Crippen molar-refractivity contribution in [1.82, 2.24) is 24.9 Å². The summed E-state index contributed by atoms with van der Waals surface area (Å²) in [7, 11) is 3.99. The van der Waals surface area contributed by atoms with Crippen LogP contribution in [0.25, 0.3) is 0 Å². The van der Waals surface area contributed by atoms with Gasteiger partial charge in [0.05, 0.1) is 18.6 Å². The minimum atomic E-state index is -0.223. The number of piperazine rings is 1. The molecule has 178 valence electrons. The van der Waals surface area contributed by atoms with Gasteiger partial charge in [0.15, 0.2) is 5.96 Å². The molecule has 2 unspecified atom stereocenters. The van der Waals surface area contributed by atoms with E-state index in [2.05, 4.69) is 26.9 Å². The molecule has 0 bridgehead atoms. The monoisotopic (exact) mass is 446 g/mol. The molecule has 7 nitrogen and oxygen atoms in total. The average Bonchev–Trinajstić information content (AvgIpc) is 3.32. The Hall–Kier alpha value is -2.19. The molecule has 2 saturated heterocycles. The van der Waals surface area contributed by atoms with Crippen molar-refractivity contribution in [1.29, 1.82) is 0 Å². The standard InChI is InChI=1S/C24H39FN6O/c1-5-26-24(27-18-22(28(3)4)20-9-8-10-21(25)17-20)31-15-13-29(14-16-31)19(2)23(32)30-11-6-7-12-30/h8-10,17,19,22H,5-7,11-16,18H2,1-4H3,(H,26,27). The Balaban J connectivity index is 1.61. The Morgan fingerprint density at radius 3 is 2.41 bits per heavy atom. The zero-order valence-electron chi connectivity index (χ0n) is 20.1. The van der Waals surface area contributed by atoms with Gasteiger partial charge in [-0.05, 0) is 58.5 Å². The Morgan fingerprint density at radius 2 is 1.81 bits per heavy atom. The Labute approximate surface area is 192 Å². The van der Waals surface area contributed by atoms with Crippen LogP contribution in [0.5, 0.6) is 0 Å². The Morgan fingerprint density at radius 1 is 1.12 bits per heavy atom. The summed E-state index contributed by atoms with van der Waals surface area (Å²) in [5, 5.41) is 3.41. The van der Waals surface area contributed by atoms with E-state index >= 15 is 0 Å². The second kappa shape index (κ2) is 11.6. The molecule has 2 fully saturated rings. The van der Waals surface area contributed by atoms with Crippen LogP contribution in [0.3, 0.4) is 0 Å². The third kappa shape index (κ3) is 6.19. The van der Waals surface area contributed by atoms with Crippen LogP contribution in [-0.4, -0.2) is 104 Å². The smallest absolute Gasteiger partial charge is 0.239 e. The molecule has 3 rings (SSSR count). The van der Waals surface area contributed by atoms with Crippen molar-refractivity contribution in [2.45, 2.75) is 38.8 Å². The quantitative estimate of drug-likeness (QED) is 0.513. The summed E-state index contributed by atoms with van der Waals surface area (Å²) in [4.78, 5) is 26.3. The van der Waals surface area contributed by atoms with E-state index in [0.29, 0.717) is 6.54 Å². The summed E-state index contributed by atoms with van der Waals surface area (Å²) in [6, 6.07) is 6.69. The molecule has 1 aromatic carbocycles. The zero-order chi connectivity index (χ0) is 23.1. The van der Waals surface area contributed by atoms with Gasteiger partial charge in [-0.1, -0.05) is 12.1 Å². The number of amides is 1. The van der Waals surface area contributed by atoms with E-state index < -0.39 is 0 Å². The van der Waals surface area contributed by atoms with Gasteiger partial charge in [-0.15, -0.1) is 0 Å². The summed E-state index contributed by atoms with van der Waals surface area (Å²) in [5.74, 6) is 0.924. The van der Waals surface area contributed by atoms with E-state index in [1.165, 1.54) is 6.07 Å². The van der Waals surface area contributed by atoms with Gasteiger partial charge in [-0.25, -0.2) is 4.39 Å². The molecule has 2 aliphatic heterocycles. The van der Waals surface area contributed by atoms with Crippen molar-refractivity contribution in [3.63, 3.8) is 0 Å². The molecular formula is C24H39FN6O. The predicted molar refractivity (Wildman–Crippen MR) is 127 cm³/mol. The molecule has 0 aliphatic carbocycles. The van der Waals surface area contributed by atoms with Crippen molar-refractivity contribution < 1.29 is 9.18 Å². The summed E-state index contributed by atoms with van der Waals surface area (Å²) in [6.45, 7) is 10.6. The van der Waals surface area contributed by atoms with Gasteiger partial charge >= 0.3 is 0 Å². The summed E-state index contributed by atoms with van der Waals surface area (Å²) in [6.07, 6.45) is 2.25. The highest BCUT2D eigenvalue weighted by molar-refractivity contribution is 5.82. The first-order chi connectivity index (χ1) is 15.4. The normalized spacial score (nSPS) is 20.0. The van der Waals surface area contributed by atoms with Crippen LogP contribution in [-0.2, 0) is 4.79 Å². The molecule has 1 amide bonds. The number of aliphatic imine (C=N–C) groups is 1. The third-order valence-electron chi connectivity index (χ3n) is 6.54. The maximum Gasteiger partial charge on any atom is 0.239 e. The summed E-state index contributed by atoms with van der Waals surface area (Å²) >= 11 is 0. The summed E-state index contributed by atoms with van der Waals surface area (Å²) in [5.41, 5.74) is 0.925. The van der Waals surface area contributed by atoms with Crippen molar-refractivity contribution in [3.8, 4) is 0 Å². The minimum absolute atomic E-state index is 0.00116. The number of halogens is 1. The number of benzene rings is 1. The molecule has 2 heterocycles. The van der Waals surface area contributed by atoms with E-state index in [9.17, 15) is 9.18 Å². The lowest BCUT2D eigenvalue weighted by atomic mass is 10.1. The van der Waals surface area contributed by atoms with Gasteiger partial charge in [0, 0.05) is 45.8 Å². The first-order valence-corrected chi connectivity index (χ1v) is 11.9. The highest BCUT2D eigenvalue weighted by atomic mass is 19.1. The molecule has 0 radical (unpaired) electrons. The van der Waals surface area contributed by atoms with Crippen LogP contribution < -0.4 is 5.32 Å². The largest absolute Gasteiger partial charge is 0.357 e. The Kier molecular flexibility index (Phi) is 8.87. The number of likely N-dealkylation sites (N-methyl/N-ethyl adjacent to an activating group) is 1. The maximum atomic E-state index is 13.8. The van der Waals surface area contributed by atoms with E-state index in [-0.39, 0.29) is 23.8 Å². The number of nitrogens with zero attached hydrogens (tertiary/aromatic N) is 5. The van der Waals surface area contributed by atoms with E-state index in [1.807, 2.05) is 32.0 Å². The predicted octanol–water partition coefficient (Wildman–Crippen LogP) is 2.02. The van der Waals surface area contributed by atoms with Crippen LogP contribution in [0.4, 0.5) is 4.39 Å². The number of hydrogen-bond acceptors (Lipinski definition) is 4. The van der Waals surface area contributed by atoms with Crippen molar-refractivity contribution in [2.75, 3.05) is 66.5 Å². The number of carbonyl (C=O) groups is 1. The van der Waals surface area contributed by atoms with E-state index in [1.54, 1.807) is 12.1 Å². The number of rotatable bonds is 7. The topological polar surface area (TPSA) is 54.4 Å². The molecule has 32 heavy (non-hydrogen) atoms. The fourth-order valence-electron chi connectivity index (χ4n) is 4.56. The van der Waals surface area contributed by atoms with Gasteiger partial charge in [0.25, 0.3) is 0 Å². The first kappa shape index (κ1) is 24.5. The van der Waals surface area contributed by atoms with Crippen LogP contribution in [0.15, 0.2) is 29.3 Å². The highest BCUT2D eigenvalue weighted by Gasteiger charge is 2.30. The van der Waals surface area contributed by atoms with Crippen molar-refractivity contribution in [3.05, 3.63) is 35.6 Å². The van der Waals surface area contributed by atoms with Gasteiger partial charge in [0.1, 0.15) is 5.82 Å². The second-order valence-corrected chi connectivity index (χ2v) is 8.96. The minimum Gasteiger partial charge on any atom is -0.357 e. The molecule has 8 heteroatoms. The maximum absolute atomic E-state index is 13.8. The number of hydrogen-bond donors (Lipinski definition) is 1. The van der Waals surface area contributed by atoms with Crippen LogP contribution >= 0.6 is 0 Å². The number of carbonyl (C=O) groups excluding carboxylic acids is 1. The van der Waals surface area contributed by atoms with Gasteiger partial charge < -0.3 is 20.0 Å². The molecule has 0 aromatic heterocycles. The van der Waals surface area contributed by atoms with Crippen LogP contribution in [0, 0.1) is 5.82 Å². The molecule has 1 N–H and O–H groups in total. The fraction of sp³-hybridized carbons (Fsp3) is 0.667. The lowest BCUT2D eigenvalue weighted by Gasteiger charge is -2.39. The zero-order valence-corrected chi connectivity index (χ0v) is 20.1. The number of guanidine groups is 1. The lowest BCUT2D eigenvalue weighted by Crippen LogP contribution is -2.57. The second-order valence-electron chi connectivity index (χ2n) is 8.96. The molecule has 0 saturated carbocycles. The molecule has 1 aromatic rings. The van der Waals surface area contributed by atoms with Crippen LogP contribution in [0.1, 0.15) is 38.3 Å². The van der Waals surface area contributed by atoms with Crippen molar-refractivity contribution >= 4 is 11.9 Å². The van der Waals surface area contributed by atoms with Crippen molar-refractivity contribution in [2.24, 2.45) is 4.99 Å². The van der Waals surface area contributed by atoms with Gasteiger partial charge in [-0.3, -0.25) is 14.7 Å². The first-order valence-electron chi connectivity index (χ1n) is 11.9. The highest BCUT2D eigenvalue weighted by Crippen LogP contribution is 2.20. The van der Waals surface area contributed by atoms with E-state index in [0.717, 1.165) is 70.2 Å². The lowest BCUT2D eigenvalue weighted by molar-refractivity contribution is -0.135. The fourth-order valence-corrected chi connectivity index (χ4v) is 4.56.